The van der Waals surface area contributed by atoms with Crippen molar-refractivity contribution in [2.24, 2.45) is 4.99 Å². The third-order valence-electron chi connectivity index (χ3n) is 9.85. The molecule has 1 fully saturated rings. The number of carboxylic acids is 1. The molecule has 11 heteroatoms. The summed E-state index contributed by atoms with van der Waals surface area (Å²) in [5.41, 5.74) is 3.13. The van der Waals surface area contributed by atoms with Crippen LogP contribution in [0.3, 0.4) is 0 Å². The molecule has 3 aromatic rings. The molecule has 1 saturated heterocycles. The Hall–Kier alpha value is -4.86. The number of carbonyl (C=O) groups is 4. The molecule has 0 aromatic heterocycles. The number of rotatable bonds is 22. The number of benzene rings is 3. The first-order valence-corrected chi connectivity index (χ1v) is 21.0. The molecule has 10 nitrogen and oxygen atoms in total. The van der Waals surface area contributed by atoms with Gasteiger partial charge in [0.05, 0.1) is 23.7 Å². The van der Waals surface area contributed by atoms with Crippen molar-refractivity contribution < 1.29 is 45.5 Å². The molecule has 2 N–H and O–H groups in total. The van der Waals surface area contributed by atoms with Crippen molar-refractivity contribution in [2.45, 2.75) is 135 Å². The summed E-state index contributed by atoms with van der Waals surface area (Å²) in [5, 5.41) is 17.3. The summed E-state index contributed by atoms with van der Waals surface area (Å²) < 4.78 is 5.15. The molecule has 1 heterocycles. The molecule has 3 aromatic carbocycles. The number of amides is 2. The number of nitrogens with one attached hydrogen (secondary N) is 1. The zero-order chi connectivity index (χ0) is 43.0. The molecular weight excluding hydrogens is 799 g/mol. The largest absolute Gasteiger partial charge is 0.625 e. The number of hydrogen-bond donors (Lipinski definition) is 2. The van der Waals surface area contributed by atoms with E-state index >= 15 is 0 Å². The second-order valence-corrected chi connectivity index (χ2v) is 15.9. The van der Waals surface area contributed by atoms with Gasteiger partial charge in [-0.3, -0.25) is 14.7 Å². The van der Waals surface area contributed by atoms with E-state index in [9.17, 15) is 24.3 Å². The molecule has 0 radical (unpaired) electrons. The number of ketones is 1. The first-order valence-electron chi connectivity index (χ1n) is 21.0. The SMILES string of the molecule is C=CCCCCC[C@H](N=C(c1ccccc1)c1ccccc1[N-]C(=O)C1CCCN1Cc1ccccc1)C(=O)O.C=CCCCCC[C@H](NC(=O)OC(C)(C)C)C(C)=O.[Ni]. The molecule has 2 amide bonds. The van der Waals surface area contributed by atoms with Gasteiger partial charge in [-0.15, -0.1) is 18.8 Å². The number of para-hydroxylation sites is 1. The number of nitrogens with zero attached hydrogens (tertiary/aromatic N) is 3. The van der Waals surface area contributed by atoms with Crippen molar-refractivity contribution in [3.8, 4) is 0 Å². The van der Waals surface area contributed by atoms with E-state index < -0.39 is 29.7 Å². The van der Waals surface area contributed by atoms with Crippen molar-refractivity contribution in [1.82, 2.24) is 10.2 Å². The van der Waals surface area contributed by atoms with E-state index in [1.807, 2.05) is 84.9 Å². The number of aliphatic carboxylic acids is 1. The normalized spacial score (nSPS) is 14.9. The summed E-state index contributed by atoms with van der Waals surface area (Å²) in [7, 11) is 0. The Morgan fingerprint density at radius 1 is 0.867 bits per heavy atom. The Kier molecular flexibility index (Phi) is 23.8. The standard InChI is InChI=1S/C34H39N3O3.C15H27NO3.Ni/c1-2-3-4-5-12-22-30(34(39)40)35-32(27-18-10-7-11-19-27)28-20-13-14-21-29(28)36-33(38)31-23-15-24-37(31)25-26-16-8-6-9-17-26;1-6-7-8-9-10-11-13(12(2)17)16-14(18)19-15(3,4)5;/h2,6-11,13-14,16-21,30-31H,1,3-5,12,15,22-25H2,(H2,35,36,38,39,40);6,13H,1,7-11H2,2-5H3,(H,16,18);/p-1/t30-,31?;13-;/m00./s1. The minimum absolute atomic E-state index is 0. The van der Waals surface area contributed by atoms with Crippen molar-refractivity contribution in [1.29, 1.82) is 0 Å². The quantitative estimate of drug-likeness (QED) is 0.0444. The van der Waals surface area contributed by atoms with E-state index in [1.54, 1.807) is 20.8 Å². The Morgan fingerprint density at radius 2 is 1.45 bits per heavy atom. The predicted octanol–water partition coefficient (Wildman–Crippen LogP) is 10.9. The molecule has 328 valence electrons. The summed E-state index contributed by atoms with van der Waals surface area (Å²) in [6, 6.07) is 25.5. The number of aliphatic imine (C=N–C) groups is 1. The average molecular weight is 865 g/mol. The molecule has 1 aliphatic heterocycles. The minimum Gasteiger partial charge on any atom is -0.625 e. The van der Waals surface area contributed by atoms with Gasteiger partial charge in [-0.1, -0.05) is 123 Å². The number of ether oxygens (including phenoxy) is 1. The van der Waals surface area contributed by atoms with Crippen LogP contribution in [-0.2, 0) is 42.2 Å². The van der Waals surface area contributed by atoms with Crippen LogP contribution in [-0.4, -0.2) is 69.7 Å². The van der Waals surface area contributed by atoms with Crippen LogP contribution in [0.25, 0.3) is 5.32 Å². The first-order chi connectivity index (χ1) is 28.3. The number of Topliss-reactive ketones (excluding diaryl/α,β-unsaturated/α-hetero) is 1. The maximum atomic E-state index is 13.5. The van der Waals surface area contributed by atoms with Crippen molar-refractivity contribution >= 4 is 35.2 Å². The summed E-state index contributed by atoms with van der Waals surface area (Å²) in [6.45, 7) is 15.9. The van der Waals surface area contributed by atoms with Crippen LogP contribution in [0.5, 0.6) is 0 Å². The smallest absolute Gasteiger partial charge is 0.408 e. The van der Waals surface area contributed by atoms with Crippen molar-refractivity contribution in [2.75, 3.05) is 6.54 Å². The molecular formula is C49H65N4NiO6-. The number of hydrogen-bond acceptors (Lipinski definition) is 7. The van der Waals surface area contributed by atoms with Crippen LogP contribution in [0.4, 0.5) is 10.5 Å². The van der Waals surface area contributed by atoms with E-state index in [1.165, 1.54) is 12.5 Å². The van der Waals surface area contributed by atoms with Gasteiger partial charge >= 0.3 is 12.1 Å². The van der Waals surface area contributed by atoms with Gasteiger partial charge in [0.1, 0.15) is 11.6 Å². The fourth-order valence-electron chi connectivity index (χ4n) is 6.82. The zero-order valence-corrected chi connectivity index (χ0v) is 36.9. The number of likely N-dealkylation sites (tertiary alicyclic amines) is 1. The first kappa shape index (κ1) is 51.3. The van der Waals surface area contributed by atoms with Gasteiger partial charge in [-0.05, 0) is 96.7 Å². The van der Waals surface area contributed by atoms with Gasteiger partial charge in [0.25, 0.3) is 0 Å². The second-order valence-electron chi connectivity index (χ2n) is 15.9. The van der Waals surface area contributed by atoms with E-state index in [0.717, 1.165) is 76.3 Å². The average Bonchev–Trinajstić information content (AvgIpc) is 3.67. The minimum atomic E-state index is -0.954. The predicted molar refractivity (Wildman–Crippen MR) is 238 cm³/mol. The van der Waals surface area contributed by atoms with E-state index in [4.69, 9.17) is 9.73 Å². The van der Waals surface area contributed by atoms with Crippen LogP contribution in [0.15, 0.2) is 115 Å². The molecule has 0 aliphatic carbocycles. The monoisotopic (exact) mass is 863 g/mol. The number of allylic oxidation sites excluding steroid dienone is 2. The van der Waals surface area contributed by atoms with Crippen LogP contribution in [0.1, 0.15) is 121 Å². The van der Waals surface area contributed by atoms with E-state index in [-0.39, 0.29) is 34.2 Å². The topological polar surface area (TPSA) is 139 Å². The molecule has 3 atom stereocenters. The molecule has 1 unspecified atom stereocenters. The summed E-state index contributed by atoms with van der Waals surface area (Å²) in [5.74, 6) is -1.16. The third kappa shape index (κ3) is 19.0. The van der Waals surface area contributed by atoms with Gasteiger partial charge in [0.15, 0.2) is 5.78 Å². The third-order valence-corrected chi connectivity index (χ3v) is 9.85. The molecule has 0 bridgehead atoms. The fourth-order valence-corrected chi connectivity index (χ4v) is 6.82. The molecule has 0 spiro atoms. The summed E-state index contributed by atoms with van der Waals surface area (Å²) in [6.07, 6.45) is 13.7. The van der Waals surface area contributed by atoms with Gasteiger partial charge < -0.3 is 25.3 Å². The Bertz CT molecular complexity index is 1810. The Balaban J connectivity index is 0.000000526. The van der Waals surface area contributed by atoms with Gasteiger partial charge in [-0.2, -0.15) is 0 Å². The number of unbranched alkanes of at least 4 members (excludes halogenated alkanes) is 6. The summed E-state index contributed by atoms with van der Waals surface area (Å²) in [4.78, 5) is 55.8. The van der Waals surface area contributed by atoms with E-state index in [2.05, 4.69) is 40.8 Å². The number of alkyl carbamates (subject to hydrolysis) is 1. The molecule has 1 aliphatic rings. The molecule has 60 heavy (non-hydrogen) atoms. The van der Waals surface area contributed by atoms with Crippen LogP contribution in [0.2, 0.25) is 0 Å². The van der Waals surface area contributed by atoms with E-state index in [0.29, 0.717) is 36.3 Å². The van der Waals surface area contributed by atoms with Gasteiger partial charge in [-0.25, -0.2) is 9.59 Å². The zero-order valence-electron chi connectivity index (χ0n) is 35.9. The Labute approximate surface area is 368 Å². The van der Waals surface area contributed by atoms with Crippen LogP contribution in [0, 0.1) is 0 Å². The van der Waals surface area contributed by atoms with Crippen LogP contribution < -0.4 is 5.32 Å². The number of carbonyl (C=O) groups excluding carboxylic acids is 3. The maximum Gasteiger partial charge on any atom is 0.408 e. The maximum absolute atomic E-state index is 13.5. The van der Waals surface area contributed by atoms with Crippen molar-refractivity contribution in [3.63, 3.8) is 0 Å². The van der Waals surface area contributed by atoms with Gasteiger partial charge in [0.2, 0.25) is 0 Å². The van der Waals surface area contributed by atoms with Crippen molar-refractivity contribution in [3.05, 3.63) is 132 Å². The fraction of sp³-hybridized carbons (Fsp3) is 0.449. The molecule has 4 rings (SSSR count). The summed E-state index contributed by atoms with van der Waals surface area (Å²) >= 11 is 0. The Morgan fingerprint density at radius 3 is 2.03 bits per heavy atom. The number of carboxylic acid groups (broad SMARTS) is 1. The van der Waals surface area contributed by atoms with Crippen LogP contribution >= 0.6 is 0 Å². The van der Waals surface area contributed by atoms with Gasteiger partial charge in [0, 0.05) is 28.6 Å². The molecule has 0 saturated carbocycles. The second kappa shape index (κ2) is 27.8.